The average Bonchev–Trinajstić information content (AvgIpc) is 2.82. The van der Waals surface area contributed by atoms with E-state index in [9.17, 15) is 9.90 Å². The summed E-state index contributed by atoms with van der Waals surface area (Å²) in [5, 5.41) is 17.2. The fourth-order valence-electron chi connectivity index (χ4n) is 2.58. The Labute approximate surface area is 118 Å². The van der Waals surface area contributed by atoms with E-state index in [1.54, 1.807) is 11.3 Å². The standard InChI is InChI=1S/C14H22N2O2S/c1-10-6-7-19-13(10)8-15-14(18)16-12-5-3-2-4-11(12)9-17/h6-7,11-12,17H,2-5,8-9H2,1H3,(H2,15,16,18). The minimum Gasteiger partial charge on any atom is -0.396 e. The Morgan fingerprint density at radius 2 is 2.26 bits per heavy atom. The summed E-state index contributed by atoms with van der Waals surface area (Å²) in [6.07, 6.45) is 4.26. The van der Waals surface area contributed by atoms with Crippen molar-refractivity contribution in [2.45, 2.75) is 45.2 Å². The lowest BCUT2D eigenvalue weighted by atomic mass is 9.85. The highest BCUT2D eigenvalue weighted by molar-refractivity contribution is 7.10. The topological polar surface area (TPSA) is 61.4 Å². The normalized spacial score (nSPS) is 23.1. The lowest BCUT2D eigenvalue weighted by molar-refractivity contribution is 0.153. The van der Waals surface area contributed by atoms with Crippen LogP contribution in [0.1, 0.15) is 36.1 Å². The van der Waals surface area contributed by atoms with Gasteiger partial charge in [0.15, 0.2) is 0 Å². The van der Waals surface area contributed by atoms with Crippen molar-refractivity contribution in [3.8, 4) is 0 Å². The summed E-state index contributed by atoms with van der Waals surface area (Å²) < 4.78 is 0. The van der Waals surface area contributed by atoms with E-state index in [1.165, 1.54) is 10.4 Å². The Kier molecular flexibility index (Phi) is 5.22. The van der Waals surface area contributed by atoms with Crippen LogP contribution in [0.3, 0.4) is 0 Å². The predicted octanol–water partition coefficient (Wildman–Crippen LogP) is 2.41. The molecule has 2 rings (SSSR count). The molecule has 0 aromatic carbocycles. The Hall–Kier alpha value is -1.07. The Morgan fingerprint density at radius 3 is 2.95 bits per heavy atom. The van der Waals surface area contributed by atoms with Crippen molar-refractivity contribution in [1.82, 2.24) is 10.6 Å². The van der Waals surface area contributed by atoms with Gasteiger partial charge in [0.1, 0.15) is 0 Å². The number of thiophene rings is 1. The summed E-state index contributed by atoms with van der Waals surface area (Å²) in [4.78, 5) is 13.1. The van der Waals surface area contributed by atoms with E-state index in [1.807, 2.05) is 12.3 Å². The molecule has 0 radical (unpaired) electrons. The molecule has 2 unspecified atom stereocenters. The van der Waals surface area contributed by atoms with Crippen LogP contribution in [0.15, 0.2) is 11.4 Å². The van der Waals surface area contributed by atoms with Crippen LogP contribution in [0.2, 0.25) is 0 Å². The molecule has 2 amide bonds. The van der Waals surface area contributed by atoms with Crippen LogP contribution in [0.5, 0.6) is 0 Å². The second-order valence-corrected chi connectivity index (χ2v) is 6.19. The number of rotatable bonds is 4. The maximum atomic E-state index is 11.9. The van der Waals surface area contributed by atoms with Gasteiger partial charge in [-0.05, 0) is 36.8 Å². The number of amides is 2. The summed E-state index contributed by atoms with van der Waals surface area (Å²) >= 11 is 1.66. The Balaban J connectivity index is 1.79. The number of aryl methyl sites for hydroxylation is 1. The van der Waals surface area contributed by atoms with Gasteiger partial charge in [-0.15, -0.1) is 11.3 Å². The van der Waals surface area contributed by atoms with E-state index in [0.29, 0.717) is 6.54 Å². The highest BCUT2D eigenvalue weighted by atomic mass is 32.1. The molecule has 1 aromatic rings. The van der Waals surface area contributed by atoms with E-state index < -0.39 is 0 Å². The molecular formula is C14H22N2O2S. The molecule has 1 fully saturated rings. The first-order chi connectivity index (χ1) is 9.20. The van der Waals surface area contributed by atoms with Gasteiger partial charge in [0, 0.05) is 23.4 Å². The van der Waals surface area contributed by atoms with Crippen LogP contribution < -0.4 is 10.6 Å². The van der Waals surface area contributed by atoms with Gasteiger partial charge < -0.3 is 15.7 Å². The minimum atomic E-state index is -0.127. The zero-order valence-corrected chi connectivity index (χ0v) is 12.1. The highest BCUT2D eigenvalue weighted by Crippen LogP contribution is 2.23. The highest BCUT2D eigenvalue weighted by Gasteiger charge is 2.25. The number of urea groups is 1. The molecule has 1 heterocycles. The summed E-state index contributed by atoms with van der Waals surface area (Å²) in [7, 11) is 0. The first kappa shape index (κ1) is 14.3. The number of nitrogens with one attached hydrogen (secondary N) is 2. The number of carbonyl (C=O) groups is 1. The van der Waals surface area contributed by atoms with Crippen LogP contribution in [-0.4, -0.2) is 23.8 Å². The molecular weight excluding hydrogens is 260 g/mol. The van der Waals surface area contributed by atoms with E-state index in [4.69, 9.17) is 0 Å². The van der Waals surface area contributed by atoms with E-state index >= 15 is 0 Å². The van der Waals surface area contributed by atoms with Crippen molar-refractivity contribution < 1.29 is 9.90 Å². The Morgan fingerprint density at radius 1 is 1.47 bits per heavy atom. The maximum Gasteiger partial charge on any atom is 0.315 e. The van der Waals surface area contributed by atoms with E-state index in [-0.39, 0.29) is 24.6 Å². The van der Waals surface area contributed by atoms with E-state index in [0.717, 1.165) is 25.7 Å². The molecule has 0 aliphatic heterocycles. The van der Waals surface area contributed by atoms with E-state index in [2.05, 4.69) is 16.7 Å². The van der Waals surface area contributed by atoms with Crippen molar-refractivity contribution in [1.29, 1.82) is 0 Å². The fourth-order valence-corrected chi connectivity index (χ4v) is 3.43. The molecule has 106 valence electrons. The second-order valence-electron chi connectivity index (χ2n) is 5.19. The molecule has 19 heavy (non-hydrogen) atoms. The number of hydrogen-bond donors (Lipinski definition) is 3. The Bertz CT molecular complexity index is 419. The summed E-state index contributed by atoms with van der Waals surface area (Å²) in [6.45, 7) is 2.79. The summed E-state index contributed by atoms with van der Waals surface area (Å²) in [5.41, 5.74) is 1.22. The number of aliphatic hydroxyl groups is 1. The molecule has 0 saturated heterocycles. The van der Waals surface area contributed by atoms with Crippen molar-refractivity contribution in [2.75, 3.05) is 6.61 Å². The first-order valence-electron chi connectivity index (χ1n) is 6.89. The molecule has 3 N–H and O–H groups in total. The van der Waals surface area contributed by atoms with Gasteiger partial charge in [0.2, 0.25) is 0 Å². The molecule has 1 aromatic heterocycles. The molecule has 1 saturated carbocycles. The minimum absolute atomic E-state index is 0.114. The largest absolute Gasteiger partial charge is 0.396 e. The lowest BCUT2D eigenvalue weighted by Gasteiger charge is -2.30. The number of aliphatic hydroxyl groups excluding tert-OH is 1. The zero-order valence-electron chi connectivity index (χ0n) is 11.3. The van der Waals surface area contributed by atoms with Gasteiger partial charge in [-0.2, -0.15) is 0 Å². The van der Waals surface area contributed by atoms with Crippen LogP contribution in [0.4, 0.5) is 4.79 Å². The smallest absolute Gasteiger partial charge is 0.315 e. The van der Waals surface area contributed by atoms with Crippen LogP contribution in [-0.2, 0) is 6.54 Å². The predicted molar refractivity (Wildman–Crippen MR) is 77.3 cm³/mol. The summed E-state index contributed by atoms with van der Waals surface area (Å²) in [5.74, 6) is 0.211. The van der Waals surface area contributed by atoms with Crippen molar-refractivity contribution in [3.05, 3.63) is 21.9 Å². The molecule has 2 atom stereocenters. The van der Waals surface area contributed by atoms with Gasteiger partial charge >= 0.3 is 6.03 Å². The molecule has 0 bridgehead atoms. The molecule has 0 spiro atoms. The van der Waals surface area contributed by atoms with Gasteiger partial charge in [-0.1, -0.05) is 12.8 Å². The number of hydrogen-bond acceptors (Lipinski definition) is 3. The average molecular weight is 282 g/mol. The van der Waals surface area contributed by atoms with Crippen LogP contribution in [0.25, 0.3) is 0 Å². The van der Waals surface area contributed by atoms with Gasteiger partial charge in [-0.3, -0.25) is 0 Å². The third kappa shape index (κ3) is 3.94. The monoisotopic (exact) mass is 282 g/mol. The lowest BCUT2D eigenvalue weighted by Crippen LogP contribution is -2.47. The number of carbonyl (C=O) groups excluding carboxylic acids is 1. The maximum absolute atomic E-state index is 11.9. The second kappa shape index (κ2) is 6.91. The van der Waals surface area contributed by atoms with Crippen molar-refractivity contribution in [3.63, 3.8) is 0 Å². The molecule has 1 aliphatic rings. The van der Waals surface area contributed by atoms with Crippen molar-refractivity contribution in [2.24, 2.45) is 5.92 Å². The third-order valence-electron chi connectivity index (χ3n) is 3.84. The third-order valence-corrected chi connectivity index (χ3v) is 4.86. The fraction of sp³-hybridized carbons (Fsp3) is 0.643. The molecule has 5 heteroatoms. The zero-order chi connectivity index (χ0) is 13.7. The van der Waals surface area contributed by atoms with Gasteiger partial charge in [0.25, 0.3) is 0 Å². The van der Waals surface area contributed by atoms with Gasteiger partial charge in [-0.25, -0.2) is 4.79 Å². The first-order valence-corrected chi connectivity index (χ1v) is 7.77. The quantitative estimate of drug-likeness (QED) is 0.794. The summed E-state index contributed by atoms with van der Waals surface area (Å²) in [6, 6.07) is 2.05. The molecule has 1 aliphatic carbocycles. The van der Waals surface area contributed by atoms with Crippen LogP contribution in [0, 0.1) is 12.8 Å². The SMILES string of the molecule is Cc1ccsc1CNC(=O)NC1CCCCC1CO. The molecule has 4 nitrogen and oxygen atoms in total. The van der Waals surface area contributed by atoms with Gasteiger partial charge in [0.05, 0.1) is 6.54 Å². The van der Waals surface area contributed by atoms with Crippen molar-refractivity contribution >= 4 is 17.4 Å². The van der Waals surface area contributed by atoms with Crippen LogP contribution >= 0.6 is 11.3 Å².